The third kappa shape index (κ3) is 3.97. The second-order valence-corrected chi connectivity index (χ2v) is 4.34. The van der Waals surface area contributed by atoms with Crippen LogP contribution < -0.4 is 5.73 Å². The number of ether oxygens (including phenoxy) is 1. The smallest absolute Gasteiger partial charge is 0.270 e. The molecule has 0 unspecified atom stereocenters. The van der Waals surface area contributed by atoms with Gasteiger partial charge in [-0.2, -0.15) is 0 Å². The highest BCUT2D eigenvalue weighted by Gasteiger charge is 2.26. The van der Waals surface area contributed by atoms with E-state index in [-0.39, 0.29) is 13.0 Å². The predicted molar refractivity (Wildman–Crippen MR) is 65.2 cm³/mol. The Balaban J connectivity index is 2.61. The number of hydrogen-bond acceptors (Lipinski definition) is 2. The van der Waals surface area contributed by atoms with E-state index in [9.17, 15) is 8.78 Å². The van der Waals surface area contributed by atoms with Crippen LogP contribution in [0.5, 0.6) is 0 Å². The maximum absolute atomic E-state index is 12.9. The topological polar surface area (TPSA) is 35.2 Å². The fourth-order valence-corrected chi connectivity index (χ4v) is 1.44. The summed E-state index contributed by atoms with van der Waals surface area (Å²) in [7, 11) is 0. The van der Waals surface area contributed by atoms with Gasteiger partial charge in [0.2, 0.25) is 0 Å². The van der Waals surface area contributed by atoms with Crippen LogP contribution in [-0.4, -0.2) is 12.5 Å². The molecule has 0 aromatic heterocycles. The number of hydrogen-bond donors (Lipinski definition) is 1. The molecule has 0 saturated carbocycles. The Morgan fingerprint density at radius 3 is 2.41 bits per heavy atom. The Bertz CT molecular complexity index is 391. The normalized spacial score (nSPS) is 11.8. The first-order valence-electron chi connectivity index (χ1n) is 5.67. The molecule has 0 heterocycles. The zero-order valence-electron chi connectivity index (χ0n) is 10.5. The van der Waals surface area contributed by atoms with Gasteiger partial charge in [-0.15, -0.1) is 0 Å². The minimum Gasteiger partial charge on any atom is -0.398 e. The molecule has 0 atom stereocenters. The van der Waals surface area contributed by atoms with E-state index in [1.54, 1.807) is 0 Å². The summed E-state index contributed by atoms with van der Waals surface area (Å²) in [6.07, 6.45) is -0.213. The van der Waals surface area contributed by atoms with Gasteiger partial charge in [-0.3, -0.25) is 0 Å². The second-order valence-electron chi connectivity index (χ2n) is 4.34. The number of anilines is 1. The Morgan fingerprint density at radius 2 is 1.82 bits per heavy atom. The highest BCUT2D eigenvalue weighted by Crippen LogP contribution is 2.21. The molecule has 2 nitrogen and oxygen atoms in total. The summed E-state index contributed by atoms with van der Waals surface area (Å²) in [5, 5.41) is 0. The average Bonchev–Trinajstić information content (AvgIpc) is 2.25. The molecule has 1 aromatic rings. The highest BCUT2D eigenvalue weighted by molar-refractivity contribution is 5.51. The lowest BCUT2D eigenvalue weighted by atomic mass is 10.0. The number of nitrogens with two attached hydrogens (primary N) is 1. The van der Waals surface area contributed by atoms with Crippen LogP contribution in [0.4, 0.5) is 14.5 Å². The molecule has 0 fully saturated rings. The lowest BCUT2D eigenvalue weighted by Crippen LogP contribution is -2.22. The molecule has 0 aliphatic rings. The van der Waals surface area contributed by atoms with Gasteiger partial charge >= 0.3 is 0 Å². The Hall–Kier alpha value is -1.16. The third-order valence-electron chi connectivity index (χ3n) is 2.84. The zero-order chi connectivity index (χ0) is 13.1. The molecule has 0 bridgehead atoms. The highest BCUT2D eigenvalue weighted by atomic mass is 19.3. The number of rotatable bonds is 5. The Labute approximate surface area is 101 Å². The predicted octanol–water partition coefficient (Wildman–Crippen LogP) is 3.45. The second kappa shape index (κ2) is 5.45. The van der Waals surface area contributed by atoms with E-state index in [2.05, 4.69) is 0 Å². The molecule has 96 valence electrons. The van der Waals surface area contributed by atoms with Gasteiger partial charge < -0.3 is 10.5 Å². The average molecular weight is 243 g/mol. The van der Waals surface area contributed by atoms with Crippen molar-refractivity contribution >= 4 is 5.69 Å². The molecular weight excluding hydrogens is 224 g/mol. The van der Waals surface area contributed by atoms with Crippen molar-refractivity contribution in [1.29, 1.82) is 0 Å². The minimum absolute atomic E-state index is 0.128. The number of aryl methyl sites for hydroxylation is 2. The van der Waals surface area contributed by atoms with E-state index in [0.29, 0.717) is 5.69 Å². The van der Waals surface area contributed by atoms with E-state index < -0.39 is 12.5 Å². The maximum atomic E-state index is 12.9. The molecule has 0 aliphatic carbocycles. The molecule has 1 rings (SSSR count). The van der Waals surface area contributed by atoms with Crippen LogP contribution in [0.2, 0.25) is 0 Å². The van der Waals surface area contributed by atoms with Crippen molar-refractivity contribution in [3.8, 4) is 0 Å². The van der Waals surface area contributed by atoms with Gasteiger partial charge in [-0.05, 0) is 31.0 Å². The van der Waals surface area contributed by atoms with Crippen molar-refractivity contribution < 1.29 is 13.5 Å². The van der Waals surface area contributed by atoms with Crippen LogP contribution >= 0.6 is 0 Å². The van der Waals surface area contributed by atoms with Crippen molar-refractivity contribution in [1.82, 2.24) is 0 Å². The lowest BCUT2D eigenvalue weighted by Gasteiger charge is -2.15. The lowest BCUT2D eigenvalue weighted by molar-refractivity contribution is -0.0833. The molecule has 0 aliphatic heterocycles. The summed E-state index contributed by atoms with van der Waals surface area (Å²) in [5.41, 5.74) is 9.33. The summed E-state index contributed by atoms with van der Waals surface area (Å²) in [6, 6.07) is 3.72. The van der Waals surface area contributed by atoms with Gasteiger partial charge in [0, 0.05) is 17.7 Å². The summed E-state index contributed by atoms with van der Waals surface area (Å²) in [4.78, 5) is 0. The van der Waals surface area contributed by atoms with Crippen LogP contribution in [0.1, 0.15) is 30.0 Å². The fourth-order valence-electron chi connectivity index (χ4n) is 1.44. The van der Waals surface area contributed by atoms with Crippen molar-refractivity contribution in [3.05, 3.63) is 28.8 Å². The number of benzene rings is 1. The van der Waals surface area contributed by atoms with Gasteiger partial charge in [0.15, 0.2) is 0 Å². The maximum Gasteiger partial charge on any atom is 0.270 e. The van der Waals surface area contributed by atoms with Crippen molar-refractivity contribution in [2.75, 3.05) is 12.3 Å². The minimum atomic E-state index is -2.76. The summed E-state index contributed by atoms with van der Waals surface area (Å²) < 4.78 is 30.9. The fraction of sp³-hybridized carbons (Fsp3) is 0.538. The first-order chi connectivity index (χ1) is 7.85. The van der Waals surface area contributed by atoms with E-state index >= 15 is 0 Å². The molecule has 4 heteroatoms. The quantitative estimate of drug-likeness (QED) is 0.804. The van der Waals surface area contributed by atoms with Crippen LogP contribution in [0, 0.1) is 13.8 Å². The molecule has 0 radical (unpaired) electrons. The van der Waals surface area contributed by atoms with E-state index in [1.807, 2.05) is 26.0 Å². The van der Waals surface area contributed by atoms with Gasteiger partial charge in [0.05, 0.1) is 6.61 Å². The summed E-state index contributed by atoms with van der Waals surface area (Å²) in [6.45, 7) is 4.92. The van der Waals surface area contributed by atoms with E-state index in [4.69, 9.17) is 10.5 Å². The SMILES string of the molecule is CCC(F)(F)COCc1cc(C)c(C)cc1N. The Kier molecular flexibility index (Phi) is 4.46. The Morgan fingerprint density at radius 1 is 1.24 bits per heavy atom. The number of halogens is 2. The molecule has 0 saturated heterocycles. The largest absolute Gasteiger partial charge is 0.398 e. The molecule has 1 aromatic carbocycles. The van der Waals surface area contributed by atoms with Crippen LogP contribution in [-0.2, 0) is 11.3 Å². The van der Waals surface area contributed by atoms with Crippen molar-refractivity contribution in [3.63, 3.8) is 0 Å². The zero-order valence-corrected chi connectivity index (χ0v) is 10.5. The molecule has 0 spiro atoms. The number of nitrogen functional groups attached to an aromatic ring is 1. The summed E-state index contributed by atoms with van der Waals surface area (Å²) in [5.74, 6) is -2.76. The first-order valence-corrected chi connectivity index (χ1v) is 5.67. The molecular formula is C13H19F2NO. The monoisotopic (exact) mass is 243 g/mol. The van der Waals surface area contributed by atoms with Gasteiger partial charge in [0.25, 0.3) is 5.92 Å². The van der Waals surface area contributed by atoms with Gasteiger partial charge in [-0.1, -0.05) is 13.0 Å². The van der Waals surface area contributed by atoms with E-state index in [0.717, 1.165) is 16.7 Å². The van der Waals surface area contributed by atoms with Crippen molar-refractivity contribution in [2.45, 2.75) is 39.7 Å². The molecule has 17 heavy (non-hydrogen) atoms. The van der Waals surface area contributed by atoms with Gasteiger partial charge in [0.1, 0.15) is 6.61 Å². The van der Waals surface area contributed by atoms with Crippen LogP contribution in [0.3, 0.4) is 0 Å². The summed E-state index contributed by atoms with van der Waals surface area (Å²) >= 11 is 0. The molecule has 0 amide bonds. The molecule has 2 N–H and O–H groups in total. The first kappa shape index (κ1) is 13.9. The van der Waals surface area contributed by atoms with Crippen molar-refractivity contribution in [2.24, 2.45) is 0 Å². The number of alkyl halides is 2. The standard InChI is InChI=1S/C13H19F2NO/c1-4-13(14,15)8-17-7-11-5-9(2)10(3)6-12(11)16/h5-6H,4,7-8,16H2,1-3H3. The van der Waals surface area contributed by atoms with Crippen LogP contribution in [0.15, 0.2) is 12.1 Å². The van der Waals surface area contributed by atoms with Gasteiger partial charge in [-0.25, -0.2) is 8.78 Å². The van der Waals surface area contributed by atoms with Crippen LogP contribution in [0.25, 0.3) is 0 Å². The van der Waals surface area contributed by atoms with E-state index in [1.165, 1.54) is 6.92 Å². The third-order valence-corrected chi connectivity index (χ3v) is 2.84.